The zero-order valence-electron chi connectivity index (χ0n) is 11.9. The number of benzene rings is 1. The molecule has 7 heteroatoms. The molecule has 1 aromatic heterocycles. The predicted octanol–water partition coefficient (Wildman–Crippen LogP) is 2.01. The van der Waals surface area contributed by atoms with Gasteiger partial charge in [0.05, 0.1) is 22.1 Å². The van der Waals surface area contributed by atoms with E-state index >= 15 is 0 Å². The van der Waals surface area contributed by atoms with Gasteiger partial charge in [0, 0.05) is 22.1 Å². The molecule has 0 saturated carbocycles. The van der Waals surface area contributed by atoms with Crippen LogP contribution in [0, 0.1) is 13.8 Å². The zero-order chi connectivity index (χ0) is 15.5. The summed E-state index contributed by atoms with van der Waals surface area (Å²) in [6, 6.07) is 8.20. The SMILES string of the molecule is Cc1noc(C)c1C[S@](=O)CCS(=O)(=O)c1ccccc1. The molecule has 0 aliphatic heterocycles. The van der Waals surface area contributed by atoms with Gasteiger partial charge in [-0.3, -0.25) is 4.21 Å². The van der Waals surface area contributed by atoms with Crippen LogP contribution in [0.2, 0.25) is 0 Å². The minimum Gasteiger partial charge on any atom is -0.361 e. The summed E-state index contributed by atoms with van der Waals surface area (Å²) >= 11 is 0. The van der Waals surface area contributed by atoms with Gasteiger partial charge in [-0.1, -0.05) is 23.4 Å². The summed E-state index contributed by atoms with van der Waals surface area (Å²) in [7, 11) is -4.66. The van der Waals surface area contributed by atoms with Crippen LogP contribution in [-0.4, -0.2) is 29.3 Å². The lowest BCUT2D eigenvalue weighted by Crippen LogP contribution is -2.15. The van der Waals surface area contributed by atoms with Gasteiger partial charge in [-0.2, -0.15) is 0 Å². The summed E-state index contributed by atoms with van der Waals surface area (Å²) in [5, 5.41) is 3.80. The van der Waals surface area contributed by atoms with Crippen molar-refractivity contribution in [2.24, 2.45) is 0 Å². The van der Waals surface area contributed by atoms with Crippen LogP contribution >= 0.6 is 0 Å². The van der Waals surface area contributed by atoms with Crippen molar-refractivity contribution in [2.75, 3.05) is 11.5 Å². The Hall–Kier alpha value is -1.47. The summed E-state index contributed by atoms with van der Waals surface area (Å²) in [6.45, 7) is 3.54. The highest BCUT2D eigenvalue weighted by Crippen LogP contribution is 2.15. The molecule has 21 heavy (non-hydrogen) atoms. The highest BCUT2D eigenvalue weighted by molar-refractivity contribution is 7.93. The summed E-state index contributed by atoms with van der Waals surface area (Å²) in [4.78, 5) is 0.263. The molecule has 0 saturated heterocycles. The highest BCUT2D eigenvalue weighted by atomic mass is 32.2. The first-order valence-electron chi connectivity index (χ1n) is 6.44. The van der Waals surface area contributed by atoms with Crippen LogP contribution < -0.4 is 0 Å². The van der Waals surface area contributed by atoms with Gasteiger partial charge in [0.2, 0.25) is 0 Å². The molecule has 0 unspecified atom stereocenters. The van der Waals surface area contributed by atoms with Gasteiger partial charge in [0.15, 0.2) is 9.84 Å². The minimum absolute atomic E-state index is 0.0985. The average Bonchev–Trinajstić information content (AvgIpc) is 2.78. The molecular weight excluding hydrogens is 310 g/mol. The van der Waals surface area contributed by atoms with Crippen LogP contribution in [0.5, 0.6) is 0 Å². The predicted molar refractivity (Wildman–Crippen MR) is 81.2 cm³/mol. The fourth-order valence-electron chi connectivity index (χ4n) is 1.89. The number of sulfone groups is 1. The van der Waals surface area contributed by atoms with E-state index in [1.807, 2.05) is 0 Å². The van der Waals surface area contributed by atoms with Crippen molar-refractivity contribution in [1.29, 1.82) is 0 Å². The molecule has 0 N–H and O–H groups in total. The van der Waals surface area contributed by atoms with Crippen molar-refractivity contribution in [1.82, 2.24) is 5.16 Å². The Morgan fingerprint density at radius 3 is 2.43 bits per heavy atom. The van der Waals surface area contributed by atoms with Gasteiger partial charge in [0.25, 0.3) is 0 Å². The molecule has 5 nitrogen and oxygen atoms in total. The third-order valence-electron chi connectivity index (χ3n) is 3.17. The summed E-state index contributed by atoms with van der Waals surface area (Å²) in [5.41, 5.74) is 1.50. The second-order valence-electron chi connectivity index (χ2n) is 4.72. The number of nitrogens with zero attached hydrogens (tertiary/aromatic N) is 1. The quantitative estimate of drug-likeness (QED) is 0.811. The van der Waals surface area contributed by atoms with Crippen molar-refractivity contribution >= 4 is 20.6 Å². The number of rotatable bonds is 6. The van der Waals surface area contributed by atoms with E-state index in [1.54, 1.807) is 44.2 Å². The summed E-state index contributed by atoms with van der Waals surface area (Å²) < 4.78 is 41.3. The number of hydrogen-bond acceptors (Lipinski definition) is 5. The van der Waals surface area contributed by atoms with Crippen molar-refractivity contribution in [3.05, 3.63) is 47.3 Å². The van der Waals surface area contributed by atoms with Gasteiger partial charge in [-0.05, 0) is 26.0 Å². The second kappa shape index (κ2) is 6.53. The highest BCUT2D eigenvalue weighted by Gasteiger charge is 2.17. The van der Waals surface area contributed by atoms with Crippen LogP contribution in [0.25, 0.3) is 0 Å². The smallest absolute Gasteiger partial charge is 0.179 e. The Bertz CT molecular complexity index is 716. The van der Waals surface area contributed by atoms with Crippen LogP contribution in [-0.2, 0) is 26.4 Å². The van der Waals surface area contributed by atoms with Gasteiger partial charge < -0.3 is 4.52 Å². The van der Waals surface area contributed by atoms with Gasteiger partial charge in [-0.15, -0.1) is 0 Å². The van der Waals surface area contributed by atoms with E-state index in [0.29, 0.717) is 11.5 Å². The maximum absolute atomic E-state index is 12.1. The molecule has 0 spiro atoms. The molecule has 0 amide bonds. The molecule has 2 rings (SSSR count). The first-order chi connectivity index (χ1) is 9.90. The first-order valence-corrected chi connectivity index (χ1v) is 9.58. The van der Waals surface area contributed by atoms with Crippen molar-refractivity contribution in [3.8, 4) is 0 Å². The van der Waals surface area contributed by atoms with Crippen molar-refractivity contribution < 1.29 is 17.1 Å². The van der Waals surface area contributed by atoms with E-state index < -0.39 is 20.6 Å². The van der Waals surface area contributed by atoms with Gasteiger partial charge in [-0.25, -0.2) is 8.42 Å². The molecular formula is C14H17NO4S2. The zero-order valence-corrected chi connectivity index (χ0v) is 13.5. The average molecular weight is 327 g/mol. The summed E-state index contributed by atoms with van der Waals surface area (Å²) in [6.07, 6.45) is 0. The van der Waals surface area contributed by atoms with Crippen molar-refractivity contribution in [2.45, 2.75) is 24.5 Å². The molecule has 0 bridgehead atoms. The Morgan fingerprint density at radius 2 is 1.86 bits per heavy atom. The van der Waals surface area contributed by atoms with Gasteiger partial charge in [0.1, 0.15) is 5.76 Å². The molecule has 1 atom stereocenters. The van der Waals surface area contributed by atoms with E-state index in [1.165, 1.54) is 0 Å². The van der Waals surface area contributed by atoms with E-state index in [4.69, 9.17) is 4.52 Å². The third kappa shape index (κ3) is 4.01. The number of aromatic nitrogens is 1. The first kappa shape index (κ1) is 15.9. The molecule has 0 fully saturated rings. The molecule has 0 aliphatic carbocycles. The fraction of sp³-hybridized carbons (Fsp3) is 0.357. The van der Waals surface area contributed by atoms with Crippen LogP contribution in [0.1, 0.15) is 17.0 Å². The standard InChI is InChI=1S/C14H17NO4S2/c1-11-14(12(2)19-15-11)10-20(16)8-9-21(17,18)13-6-4-3-5-7-13/h3-7H,8-10H2,1-2H3/t20-/m1/s1. The Labute approximate surface area is 126 Å². The lowest BCUT2D eigenvalue weighted by Gasteiger charge is -2.05. The minimum atomic E-state index is -3.39. The molecule has 0 aliphatic rings. The lowest BCUT2D eigenvalue weighted by atomic mass is 10.2. The maximum atomic E-state index is 12.1. The lowest BCUT2D eigenvalue weighted by molar-refractivity contribution is 0.392. The Morgan fingerprint density at radius 1 is 1.19 bits per heavy atom. The van der Waals surface area contributed by atoms with E-state index in [2.05, 4.69) is 5.16 Å². The largest absolute Gasteiger partial charge is 0.361 e. The number of hydrogen-bond donors (Lipinski definition) is 0. The van der Waals surface area contributed by atoms with Crippen LogP contribution in [0.15, 0.2) is 39.8 Å². The Balaban J connectivity index is 1.99. The molecule has 0 radical (unpaired) electrons. The van der Waals surface area contributed by atoms with E-state index in [9.17, 15) is 12.6 Å². The van der Waals surface area contributed by atoms with E-state index in [0.717, 1.165) is 5.56 Å². The fourth-order valence-corrected chi connectivity index (χ4v) is 5.20. The number of aryl methyl sites for hydroxylation is 2. The van der Waals surface area contributed by atoms with Gasteiger partial charge >= 0.3 is 0 Å². The molecule has 114 valence electrons. The van der Waals surface area contributed by atoms with Crippen LogP contribution in [0.4, 0.5) is 0 Å². The molecule has 1 heterocycles. The van der Waals surface area contributed by atoms with E-state index in [-0.39, 0.29) is 22.2 Å². The Kier molecular flexibility index (Phi) is 4.95. The summed E-state index contributed by atoms with van der Waals surface area (Å²) in [5.74, 6) is 0.867. The monoisotopic (exact) mass is 327 g/mol. The molecule has 2 aromatic rings. The topological polar surface area (TPSA) is 77.2 Å². The normalized spacial score (nSPS) is 13.2. The molecule has 1 aromatic carbocycles. The third-order valence-corrected chi connectivity index (χ3v) is 6.43. The van der Waals surface area contributed by atoms with Crippen molar-refractivity contribution in [3.63, 3.8) is 0 Å². The second-order valence-corrected chi connectivity index (χ2v) is 8.41. The maximum Gasteiger partial charge on any atom is 0.179 e. The van der Waals surface area contributed by atoms with Crippen LogP contribution in [0.3, 0.4) is 0 Å².